The molecule has 0 aliphatic carbocycles. The van der Waals surface area contributed by atoms with Gasteiger partial charge in [-0.3, -0.25) is 0 Å². The minimum absolute atomic E-state index is 0.653. The van der Waals surface area contributed by atoms with Crippen LogP contribution in [0.5, 0.6) is 0 Å². The molecular formula is C8H8ClO. The molecule has 0 unspecified atom stereocenters. The normalized spacial score (nSPS) is 9.90. The van der Waals surface area contributed by atoms with Gasteiger partial charge in [0.05, 0.1) is 0 Å². The van der Waals surface area contributed by atoms with Crippen LogP contribution in [-0.4, -0.2) is 5.11 Å². The summed E-state index contributed by atoms with van der Waals surface area (Å²) in [6.07, 6.45) is 0. The standard InChI is InChI=1S/C8H8ClO/c1-6-2-7(5-10)4-8(9)3-6/h2-5,10H,1H3. The topological polar surface area (TPSA) is 20.2 Å². The van der Waals surface area contributed by atoms with Gasteiger partial charge in [-0.25, -0.2) is 0 Å². The fourth-order valence-corrected chi connectivity index (χ4v) is 1.14. The molecular weight excluding hydrogens is 148 g/mol. The van der Waals surface area contributed by atoms with E-state index in [0.29, 0.717) is 5.02 Å². The summed E-state index contributed by atoms with van der Waals surface area (Å²) in [5, 5.41) is 9.26. The Bertz CT molecular complexity index is 212. The first-order chi connectivity index (χ1) is 4.72. The van der Waals surface area contributed by atoms with Crippen LogP contribution in [0.1, 0.15) is 11.1 Å². The summed E-state index contributed by atoms with van der Waals surface area (Å²) < 4.78 is 0. The van der Waals surface area contributed by atoms with E-state index in [4.69, 9.17) is 16.7 Å². The van der Waals surface area contributed by atoms with Crippen molar-refractivity contribution < 1.29 is 5.11 Å². The first-order valence-corrected chi connectivity index (χ1v) is 3.35. The molecule has 1 N–H and O–H groups in total. The van der Waals surface area contributed by atoms with Crippen LogP contribution in [0.25, 0.3) is 0 Å². The number of aryl methyl sites for hydroxylation is 1. The zero-order chi connectivity index (χ0) is 7.56. The Morgan fingerprint density at radius 1 is 1.40 bits per heavy atom. The number of benzene rings is 1. The van der Waals surface area contributed by atoms with Crippen LogP contribution in [0, 0.1) is 13.5 Å². The van der Waals surface area contributed by atoms with E-state index in [1.54, 1.807) is 6.07 Å². The second-order valence-electron chi connectivity index (χ2n) is 2.19. The van der Waals surface area contributed by atoms with Gasteiger partial charge >= 0.3 is 0 Å². The predicted octanol–water partition coefficient (Wildman–Crippen LogP) is 2.53. The maximum atomic E-state index is 8.60. The number of hydrogen-bond donors (Lipinski definition) is 1. The van der Waals surface area contributed by atoms with Crippen molar-refractivity contribution in [3.8, 4) is 0 Å². The maximum absolute atomic E-state index is 8.60. The molecule has 1 aromatic carbocycles. The van der Waals surface area contributed by atoms with E-state index in [-0.39, 0.29) is 0 Å². The molecule has 0 aliphatic heterocycles. The van der Waals surface area contributed by atoms with Gasteiger partial charge in [-0.05, 0) is 30.2 Å². The van der Waals surface area contributed by atoms with Crippen LogP contribution in [0.2, 0.25) is 5.02 Å². The number of aliphatic hydroxyl groups excluding tert-OH is 1. The third kappa shape index (κ3) is 1.72. The summed E-state index contributed by atoms with van der Waals surface area (Å²) in [6, 6.07) is 5.40. The summed E-state index contributed by atoms with van der Waals surface area (Å²) in [6.45, 7) is 2.97. The quantitative estimate of drug-likeness (QED) is 0.661. The summed E-state index contributed by atoms with van der Waals surface area (Å²) in [7, 11) is 0. The lowest BCUT2D eigenvalue weighted by Gasteiger charge is -1.97. The van der Waals surface area contributed by atoms with Crippen molar-refractivity contribution in [1.29, 1.82) is 0 Å². The fourth-order valence-electron chi connectivity index (χ4n) is 0.839. The van der Waals surface area contributed by atoms with Crippen molar-refractivity contribution in [2.75, 3.05) is 0 Å². The minimum atomic E-state index is 0.653. The van der Waals surface area contributed by atoms with Gasteiger partial charge in [-0.2, -0.15) is 0 Å². The van der Waals surface area contributed by atoms with E-state index >= 15 is 0 Å². The van der Waals surface area contributed by atoms with Crippen LogP contribution in [0.15, 0.2) is 18.2 Å². The molecule has 0 aromatic heterocycles. The van der Waals surface area contributed by atoms with Gasteiger partial charge in [-0.1, -0.05) is 17.7 Å². The monoisotopic (exact) mass is 155 g/mol. The number of rotatable bonds is 1. The highest BCUT2D eigenvalue weighted by Crippen LogP contribution is 2.14. The van der Waals surface area contributed by atoms with Gasteiger partial charge in [0.2, 0.25) is 0 Å². The molecule has 0 saturated carbocycles. The number of hydrogen-bond acceptors (Lipinski definition) is 1. The van der Waals surface area contributed by atoms with Gasteiger partial charge in [0, 0.05) is 5.02 Å². The van der Waals surface area contributed by atoms with Gasteiger partial charge in [0.1, 0.15) is 6.61 Å². The minimum Gasteiger partial charge on any atom is -0.385 e. The molecule has 1 nitrogen and oxygen atoms in total. The lowest BCUT2D eigenvalue weighted by atomic mass is 10.1. The molecule has 1 radical (unpaired) electrons. The SMILES string of the molecule is Cc1cc(Cl)cc([CH]O)c1. The molecule has 2 heteroatoms. The number of aliphatic hydroxyl groups is 1. The molecule has 0 bridgehead atoms. The van der Waals surface area contributed by atoms with E-state index in [2.05, 4.69) is 0 Å². The first kappa shape index (κ1) is 7.58. The summed E-state index contributed by atoms with van der Waals surface area (Å²) in [5.41, 5.74) is 1.79. The Morgan fingerprint density at radius 2 is 2.10 bits per heavy atom. The van der Waals surface area contributed by atoms with E-state index in [1.165, 1.54) is 0 Å². The zero-order valence-electron chi connectivity index (χ0n) is 5.63. The lowest BCUT2D eigenvalue weighted by Crippen LogP contribution is -1.81. The van der Waals surface area contributed by atoms with E-state index in [9.17, 15) is 0 Å². The molecule has 0 spiro atoms. The highest BCUT2D eigenvalue weighted by Gasteiger charge is 1.94. The van der Waals surface area contributed by atoms with Gasteiger partial charge in [0.25, 0.3) is 0 Å². The highest BCUT2D eigenvalue weighted by molar-refractivity contribution is 6.30. The third-order valence-corrected chi connectivity index (χ3v) is 1.43. The van der Waals surface area contributed by atoms with Crippen molar-refractivity contribution in [2.45, 2.75) is 6.92 Å². The molecule has 1 aromatic rings. The van der Waals surface area contributed by atoms with Crippen LogP contribution in [0.4, 0.5) is 0 Å². The fraction of sp³-hybridized carbons (Fsp3) is 0.125. The maximum Gasteiger partial charge on any atom is 0.109 e. The molecule has 53 valence electrons. The molecule has 10 heavy (non-hydrogen) atoms. The molecule has 0 atom stereocenters. The van der Waals surface area contributed by atoms with Crippen molar-refractivity contribution in [2.24, 2.45) is 0 Å². The second kappa shape index (κ2) is 3.04. The molecule has 0 saturated heterocycles. The lowest BCUT2D eigenvalue weighted by molar-refractivity contribution is 0.415. The summed E-state index contributed by atoms with van der Waals surface area (Å²) in [5.74, 6) is 0. The average molecular weight is 156 g/mol. The van der Waals surface area contributed by atoms with Gasteiger partial charge in [0.15, 0.2) is 0 Å². The molecule has 1 rings (SSSR count). The van der Waals surface area contributed by atoms with E-state index < -0.39 is 0 Å². The van der Waals surface area contributed by atoms with Crippen LogP contribution < -0.4 is 0 Å². The smallest absolute Gasteiger partial charge is 0.109 e. The van der Waals surface area contributed by atoms with E-state index in [1.807, 2.05) is 19.1 Å². The Morgan fingerprint density at radius 3 is 2.60 bits per heavy atom. The average Bonchev–Trinajstić information content (AvgIpc) is 1.85. The molecule has 0 amide bonds. The molecule has 0 fully saturated rings. The Balaban J connectivity index is 3.06. The zero-order valence-corrected chi connectivity index (χ0v) is 6.39. The van der Waals surface area contributed by atoms with Crippen LogP contribution in [-0.2, 0) is 0 Å². The highest BCUT2D eigenvalue weighted by atomic mass is 35.5. The molecule has 0 heterocycles. The summed E-state index contributed by atoms with van der Waals surface area (Å²) in [4.78, 5) is 0. The Labute approximate surface area is 65.3 Å². The number of halogens is 1. The van der Waals surface area contributed by atoms with Gasteiger partial charge < -0.3 is 5.11 Å². The summed E-state index contributed by atoms with van der Waals surface area (Å²) >= 11 is 5.70. The van der Waals surface area contributed by atoms with Crippen molar-refractivity contribution in [1.82, 2.24) is 0 Å². The predicted molar refractivity (Wildman–Crippen MR) is 41.5 cm³/mol. The Kier molecular flexibility index (Phi) is 2.30. The van der Waals surface area contributed by atoms with Crippen molar-refractivity contribution in [3.05, 3.63) is 41.0 Å². The van der Waals surface area contributed by atoms with E-state index in [0.717, 1.165) is 17.7 Å². The van der Waals surface area contributed by atoms with Gasteiger partial charge in [-0.15, -0.1) is 0 Å². The largest absolute Gasteiger partial charge is 0.385 e. The van der Waals surface area contributed by atoms with Crippen molar-refractivity contribution in [3.63, 3.8) is 0 Å². The Hall–Kier alpha value is -0.530. The van der Waals surface area contributed by atoms with Crippen LogP contribution >= 0.6 is 11.6 Å². The molecule has 0 aliphatic rings. The first-order valence-electron chi connectivity index (χ1n) is 2.97. The second-order valence-corrected chi connectivity index (χ2v) is 2.63. The van der Waals surface area contributed by atoms with Crippen LogP contribution in [0.3, 0.4) is 0 Å². The van der Waals surface area contributed by atoms with Crippen molar-refractivity contribution >= 4 is 11.6 Å². The third-order valence-electron chi connectivity index (χ3n) is 1.21.